The molecule has 0 aromatic carbocycles. The number of sulfonamides is 1. The van der Waals surface area contributed by atoms with Gasteiger partial charge in [0.1, 0.15) is 0 Å². The van der Waals surface area contributed by atoms with Crippen molar-refractivity contribution < 1.29 is 13.5 Å². The number of hydrogen-bond acceptors (Lipinski definition) is 4. The van der Waals surface area contributed by atoms with Crippen LogP contribution in [0, 0.1) is 0 Å². The molecule has 0 atom stereocenters. The molecule has 14 heavy (non-hydrogen) atoms. The molecule has 0 saturated carbocycles. The second kappa shape index (κ2) is 2.78. The summed E-state index contributed by atoms with van der Waals surface area (Å²) in [6.45, 7) is 1.87. The second-order valence-corrected chi connectivity index (χ2v) is 5.60. The zero-order chi connectivity index (χ0) is 10.4. The Morgan fingerprint density at radius 3 is 2.71 bits per heavy atom. The monoisotopic (exact) mass is 217 g/mol. The second-order valence-electron chi connectivity index (χ2n) is 3.69. The molecule has 1 saturated heterocycles. The normalized spacial score (nSPS) is 21.9. The van der Waals surface area contributed by atoms with Crippen molar-refractivity contribution >= 4 is 10.0 Å². The molecular formula is C7H11N3O3S. The van der Waals surface area contributed by atoms with Gasteiger partial charge in [0.25, 0.3) is 10.0 Å². The summed E-state index contributed by atoms with van der Waals surface area (Å²) in [5, 5.41) is 15.4. The lowest BCUT2D eigenvalue weighted by molar-refractivity contribution is -0.0427. The van der Waals surface area contributed by atoms with Crippen LogP contribution in [0.4, 0.5) is 0 Å². The smallest absolute Gasteiger partial charge is 0.260 e. The van der Waals surface area contributed by atoms with Gasteiger partial charge in [-0.15, -0.1) is 0 Å². The number of aromatic amines is 1. The lowest BCUT2D eigenvalue weighted by Crippen LogP contribution is -2.61. The van der Waals surface area contributed by atoms with Gasteiger partial charge in [0.05, 0.1) is 11.8 Å². The fourth-order valence-corrected chi connectivity index (χ4v) is 2.98. The van der Waals surface area contributed by atoms with Crippen LogP contribution in [-0.2, 0) is 10.0 Å². The van der Waals surface area contributed by atoms with Crippen LogP contribution < -0.4 is 0 Å². The van der Waals surface area contributed by atoms with Crippen molar-refractivity contribution in [3.8, 4) is 0 Å². The quantitative estimate of drug-likeness (QED) is 0.676. The van der Waals surface area contributed by atoms with E-state index in [1.165, 1.54) is 16.6 Å². The Morgan fingerprint density at radius 1 is 1.64 bits per heavy atom. The predicted molar refractivity (Wildman–Crippen MR) is 48.0 cm³/mol. The summed E-state index contributed by atoms with van der Waals surface area (Å²) < 4.78 is 24.6. The average Bonchev–Trinajstić information content (AvgIpc) is 2.51. The third-order valence-corrected chi connectivity index (χ3v) is 3.85. The van der Waals surface area contributed by atoms with Crippen LogP contribution in [0.3, 0.4) is 0 Å². The number of H-pyrrole nitrogens is 1. The van der Waals surface area contributed by atoms with Crippen LogP contribution in [-0.4, -0.2) is 46.7 Å². The van der Waals surface area contributed by atoms with Crippen molar-refractivity contribution in [3.05, 3.63) is 12.3 Å². The fourth-order valence-electron chi connectivity index (χ4n) is 1.41. The van der Waals surface area contributed by atoms with Gasteiger partial charge in [0.2, 0.25) is 0 Å². The maximum atomic E-state index is 11.7. The molecule has 6 nitrogen and oxygen atoms in total. The van der Waals surface area contributed by atoms with Crippen molar-refractivity contribution in [2.75, 3.05) is 13.1 Å². The Kier molecular flexibility index (Phi) is 1.91. The molecular weight excluding hydrogens is 206 g/mol. The highest BCUT2D eigenvalue weighted by molar-refractivity contribution is 7.89. The maximum absolute atomic E-state index is 11.7. The molecule has 7 heteroatoms. The first-order valence-corrected chi connectivity index (χ1v) is 5.58. The molecule has 78 valence electrons. The number of nitrogens with zero attached hydrogens (tertiary/aromatic N) is 2. The van der Waals surface area contributed by atoms with Gasteiger partial charge < -0.3 is 5.11 Å². The molecule has 2 rings (SSSR count). The third-order valence-electron chi connectivity index (χ3n) is 2.13. The topological polar surface area (TPSA) is 86.3 Å². The van der Waals surface area contributed by atoms with Gasteiger partial charge in [-0.05, 0) is 13.0 Å². The Bertz CT molecular complexity index is 415. The van der Waals surface area contributed by atoms with Crippen molar-refractivity contribution in [2.24, 2.45) is 0 Å². The molecule has 0 amide bonds. The Morgan fingerprint density at radius 2 is 2.29 bits per heavy atom. The highest BCUT2D eigenvalue weighted by Crippen LogP contribution is 2.26. The molecule has 0 unspecified atom stereocenters. The first-order chi connectivity index (χ1) is 6.42. The number of rotatable bonds is 2. The van der Waals surface area contributed by atoms with Gasteiger partial charge in [-0.1, -0.05) is 0 Å². The Labute approximate surface area is 81.6 Å². The fraction of sp³-hybridized carbons (Fsp3) is 0.571. The van der Waals surface area contributed by atoms with Gasteiger partial charge in [-0.3, -0.25) is 5.10 Å². The number of hydrogen-bond donors (Lipinski definition) is 2. The van der Waals surface area contributed by atoms with Gasteiger partial charge in [0, 0.05) is 13.1 Å². The summed E-state index contributed by atoms with van der Waals surface area (Å²) in [6, 6.07) is 1.39. The van der Waals surface area contributed by atoms with Gasteiger partial charge in [-0.25, -0.2) is 8.42 Å². The van der Waals surface area contributed by atoms with Gasteiger partial charge in [-0.2, -0.15) is 9.40 Å². The minimum atomic E-state index is -3.47. The Hall–Kier alpha value is -0.920. The number of aromatic nitrogens is 2. The van der Waals surface area contributed by atoms with E-state index in [4.69, 9.17) is 0 Å². The van der Waals surface area contributed by atoms with Crippen LogP contribution in [0.1, 0.15) is 6.92 Å². The zero-order valence-corrected chi connectivity index (χ0v) is 8.45. The lowest BCUT2D eigenvalue weighted by Gasteiger charge is -2.42. The molecule has 1 aromatic heterocycles. The Balaban J connectivity index is 2.21. The van der Waals surface area contributed by atoms with Crippen molar-refractivity contribution in [1.82, 2.24) is 14.5 Å². The van der Waals surface area contributed by atoms with Crippen LogP contribution in [0.5, 0.6) is 0 Å². The van der Waals surface area contributed by atoms with E-state index in [0.717, 1.165) is 0 Å². The number of nitrogens with one attached hydrogen (secondary N) is 1. The first kappa shape index (κ1) is 9.63. The number of aliphatic hydroxyl groups is 1. The summed E-state index contributed by atoms with van der Waals surface area (Å²) in [5.74, 6) is 0. The standard InChI is InChI=1S/C7H11N3O3S/c1-7(11)4-10(5-7)14(12,13)6-2-3-8-9-6/h2-3,11H,4-5H2,1H3,(H,8,9). The highest BCUT2D eigenvalue weighted by atomic mass is 32.2. The van der Waals surface area contributed by atoms with Crippen LogP contribution in [0.25, 0.3) is 0 Å². The molecule has 0 bridgehead atoms. The molecule has 1 aliphatic heterocycles. The van der Waals surface area contributed by atoms with E-state index in [1.807, 2.05) is 0 Å². The highest BCUT2D eigenvalue weighted by Gasteiger charge is 2.44. The molecule has 0 radical (unpaired) electrons. The predicted octanol–water partition coefficient (Wildman–Crippen LogP) is -0.835. The van der Waals surface area contributed by atoms with Gasteiger partial charge >= 0.3 is 0 Å². The van der Waals surface area contributed by atoms with Crippen LogP contribution >= 0.6 is 0 Å². The summed E-state index contributed by atoms with van der Waals surface area (Å²) in [4.78, 5) is 0. The first-order valence-electron chi connectivity index (χ1n) is 4.14. The van der Waals surface area contributed by atoms with Gasteiger partial charge in [0.15, 0.2) is 5.03 Å². The van der Waals surface area contributed by atoms with Crippen molar-refractivity contribution in [1.29, 1.82) is 0 Å². The molecule has 1 aromatic rings. The average molecular weight is 217 g/mol. The van der Waals surface area contributed by atoms with E-state index < -0.39 is 15.6 Å². The summed E-state index contributed by atoms with van der Waals surface area (Å²) in [7, 11) is -3.47. The van der Waals surface area contributed by atoms with E-state index >= 15 is 0 Å². The molecule has 1 fully saturated rings. The van der Waals surface area contributed by atoms with E-state index in [-0.39, 0.29) is 18.1 Å². The maximum Gasteiger partial charge on any atom is 0.260 e. The third kappa shape index (κ3) is 1.43. The summed E-state index contributed by atoms with van der Waals surface area (Å²) >= 11 is 0. The molecule has 0 aliphatic carbocycles. The summed E-state index contributed by atoms with van der Waals surface area (Å²) in [5.41, 5.74) is -0.896. The van der Waals surface area contributed by atoms with E-state index in [2.05, 4.69) is 10.2 Å². The van der Waals surface area contributed by atoms with Crippen LogP contribution in [0.2, 0.25) is 0 Å². The van der Waals surface area contributed by atoms with E-state index in [9.17, 15) is 13.5 Å². The van der Waals surface area contributed by atoms with Crippen molar-refractivity contribution in [2.45, 2.75) is 17.6 Å². The molecule has 2 N–H and O–H groups in total. The van der Waals surface area contributed by atoms with E-state index in [1.54, 1.807) is 6.92 Å². The zero-order valence-electron chi connectivity index (χ0n) is 7.64. The molecule has 1 aliphatic rings. The molecule has 0 spiro atoms. The van der Waals surface area contributed by atoms with E-state index in [0.29, 0.717) is 0 Å². The molecule has 2 heterocycles. The number of β-amino-alcohol motifs (C(OH)–C–C–N with tert-alkyl or cyclic N) is 1. The summed E-state index contributed by atoms with van der Waals surface area (Å²) in [6.07, 6.45) is 1.38. The SMILES string of the molecule is CC1(O)CN(S(=O)(=O)c2ccn[nH]2)C1. The minimum absolute atomic E-state index is 0.0630. The largest absolute Gasteiger partial charge is 0.387 e. The van der Waals surface area contributed by atoms with Crippen molar-refractivity contribution in [3.63, 3.8) is 0 Å². The lowest BCUT2D eigenvalue weighted by atomic mass is 10.0. The van der Waals surface area contributed by atoms with Crippen LogP contribution in [0.15, 0.2) is 17.3 Å². The minimum Gasteiger partial charge on any atom is -0.387 e.